The van der Waals surface area contributed by atoms with Gasteiger partial charge in [0.2, 0.25) is 0 Å². The number of benzene rings is 1. The Labute approximate surface area is 87.1 Å². The molecule has 77 valence electrons. The minimum absolute atomic E-state index is 0.253. The number of rotatable bonds is 3. The fourth-order valence-electron chi connectivity index (χ4n) is 1.34. The zero-order valence-electron chi connectivity index (χ0n) is 8.27. The monoisotopic (exact) mass is 205 g/mol. The fourth-order valence-corrected chi connectivity index (χ4v) is 1.34. The summed E-state index contributed by atoms with van der Waals surface area (Å²) in [6, 6.07) is 7.60. The summed E-state index contributed by atoms with van der Waals surface area (Å²) in [4.78, 5) is 0. The second kappa shape index (κ2) is 4.13. The van der Waals surface area contributed by atoms with Crippen LogP contribution in [0.2, 0.25) is 0 Å². The van der Waals surface area contributed by atoms with Crippen molar-refractivity contribution >= 4 is 0 Å². The minimum atomic E-state index is -0.353. The SMILES string of the molecule is COc1cc(Cn2c[c]cn2)ccc1F. The molecular weight excluding hydrogens is 195 g/mol. The molecule has 0 aliphatic rings. The van der Waals surface area contributed by atoms with E-state index in [0.29, 0.717) is 6.54 Å². The smallest absolute Gasteiger partial charge is 0.165 e. The van der Waals surface area contributed by atoms with Crippen LogP contribution in [0.25, 0.3) is 0 Å². The first-order valence-electron chi connectivity index (χ1n) is 4.50. The molecule has 15 heavy (non-hydrogen) atoms. The van der Waals surface area contributed by atoms with Gasteiger partial charge in [0, 0.05) is 12.3 Å². The van der Waals surface area contributed by atoms with Crippen LogP contribution in [0.5, 0.6) is 5.75 Å². The van der Waals surface area contributed by atoms with E-state index in [1.54, 1.807) is 29.2 Å². The van der Waals surface area contributed by atoms with Crippen LogP contribution in [0.3, 0.4) is 0 Å². The Morgan fingerprint density at radius 3 is 3.07 bits per heavy atom. The number of hydrogen-bond acceptors (Lipinski definition) is 2. The summed E-state index contributed by atoms with van der Waals surface area (Å²) >= 11 is 0. The molecule has 0 atom stereocenters. The van der Waals surface area contributed by atoms with Crippen LogP contribution in [0.1, 0.15) is 5.56 Å². The van der Waals surface area contributed by atoms with E-state index in [1.165, 1.54) is 13.2 Å². The second-order valence-electron chi connectivity index (χ2n) is 3.11. The van der Waals surface area contributed by atoms with Gasteiger partial charge in [0.1, 0.15) is 0 Å². The largest absolute Gasteiger partial charge is 0.494 e. The molecule has 4 heteroatoms. The van der Waals surface area contributed by atoms with E-state index in [2.05, 4.69) is 11.2 Å². The van der Waals surface area contributed by atoms with Gasteiger partial charge < -0.3 is 4.74 Å². The molecule has 0 fully saturated rings. The second-order valence-corrected chi connectivity index (χ2v) is 3.11. The highest BCUT2D eigenvalue weighted by molar-refractivity contribution is 5.30. The molecule has 0 unspecified atom stereocenters. The number of nitrogens with zero attached hydrogens (tertiary/aromatic N) is 2. The van der Waals surface area contributed by atoms with Crippen molar-refractivity contribution < 1.29 is 9.13 Å². The first kappa shape index (κ1) is 9.71. The Bertz CT molecular complexity index is 440. The van der Waals surface area contributed by atoms with E-state index in [0.717, 1.165) is 5.56 Å². The lowest BCUT2D eigenvalue weighted by Gasteiger charge is -2.05. The van der Waals surface area contributed by atoms with Gasteiger partial charge in [0.15, 0.2) is 11.6 Å². The van der Waals surface area contributed by atoms with Gasteiger partial charge in [0.05, 0.1) is 19.9 Å². The maximum Gasteiger partial charge on any atom is 0.165 e. The van der Waals surface area contributed by atoms with Gasteiger partial charge in [-0.3, -0.25) is 4.68 Å². The summed E-state index contributed by atoms with van der Waals surface area (Å²) < 4.78 is 19.7. The van der Waals surface area contributed by atoms with Crippen molar-refractivity contribution in [2.75, 3.05) is 7.11 Å². The van der Waals surface area contributed by atoms with Crippen molar-refractivity contribution in [2.45, 2.75) is 6.54 Å². The molecule has 1 aromatic carbocycles. The third-order valence-electron chi connectivity index (χ3n) is 2.06. The summed E-state index contributed by atoms with van der Waals surface area (Å²) in [6.07, 6.45) is 3.32. The van der Waals surface area contributed by atoms with Crippen LogP contribution in [0, 0.1) is 11.9 Å². The van der Waals surface area contributed by atoms with Crippen LogP contribution in [0.15, 0.2) is 30.6 Å². The Kier molecular flexibility index (Phi) is 2.67. The predicted molar refractivity (Wildman–Crippen MR) is 53.1 cm³/mol. The van der Waals surface area contributed by atoms with Gasteiger partial charge >= 0.3 is 0 Å². The normalized spacial score (nSPS) is 10.3. The van der Waals surface area contributed by atoms with E-state index in [4.69, 9.17) is 4.74 Å². The number of halogens is 1. The zero-order chi connectivity index (χ0) is 10.7. The van der Waals surface area contributed by atoms with Crippen molar-refractivity contribution in [2.24, 2.45) is 0 Å². The summed E-state index contributed by atoms with van der Waals surface area (Å²) in [5.74, 6) is -0.100. The average Bonchev–Trinajstić information content (AvgIpc) is 2.73. The quantitative estimate of drug-likeness (QED) is 0.765. The molecule has 0 bridgehead atoms. The van der Waals surface area contributed by atoms with E-state index < -0.39 is 0 Å². The molecule has 1 heterocycles. The Morgan fingerprint density at radius 1 is 1.53 bits per heavy atom. The Morgan fingerprint density at radius 2 is 2.40 bits per heavy atom. The van der Waals surface area contributed by atoms with Gasteiger partial charge in [-0.1, -0.05) is 6.07 Å². The van der Waals surface area contributed by atoms with Crippen LogP contribution in [0.4, 0.5) is 4.39 Å². The van der Waals surface area contributed by atoms with Crippen molar-refractivity contribution in [1.82, 2.24) is 9.78 Å². The summed E-state index contributed by atoms with van der Waals surface area (Å²) in [7, 11) is 1.45. The van der Waals surface area contributed by atoms with Crippen LogP contribution >= 0.6 is 0 Å². The minimum Gasteiger partial charge on any atom is -0.494 e. The number of methoxy groups -OCH3 is 1. The standard InChI is InChI=1S/C11H10FN2O/c1-15-11-7-9(3-4-10(11)12)8-14-6-2-5-13-14/h3-7H,8H2,1H3. The summed E-state index contributed by atoms with van der Waals surface area (Å²) in [5, 5.41) is 4.02. The maximum atomic E-state index is 13.1. The van der Waals surface area contributed by atoms with Gasteiger partial charge in [-0.2, -0.15) is 5.10 Å². The summed E-state index contributed by atoms with van der Waals surface area (Å²) in [5.41, 5.74) is 0.936. The van der Waals surface area contributed by atoms with E-state index in [1.807, 2.05) is 0 Å². The van der Waals surface area contributed by atoms with E-state index in [9.17, 15) is 4.39 Å². The highest BCUT2D eigenvalue weighted by atomic mass is 19.1. The molecule has 2 aromatic rings. The first-order chi connectivity index (χ1) is 7.29. The molecule has 0 amide bonds. The van der Waals surface area contributed by atoms with Crippen LogP contribution in [-0.2, 0) is 6.54 Å². The molecule has 0 N–H and O–H groups in total. The molecule has 0 spiro atoms. The van der Waals surface area contributed by atoms with Gasteiger partial charge in [-0.05, 0) is 17.7 Å². The topological polar surface area (TPSA) is 27.1 Å². The average molecular weight is 205 g/mol. The molecule has 0 saturated carbocycles. The zero-order valence-corrected chi connectivity index (χ0v) is 8.27. The Hall–Kier alpha value is -1.84. The van der Waals surface area contributed by atoms with Gasteiger partial charge in [-0.25, -0.2) is 4.39 Å². The number of aromatic nitrogens is 2. The maximum absolute atomic E-state index is 13.1. The van der Waals surface area contributed by atoms with Gasteiger partial charge in [0.25, 0.3) is 0 Å². The molecular formula is C11H10FN2O. The molecule has 0 saturated heterocycles. The molecule has 1 aromatic heterocycles. The predicted octanol–water partition coefficient (Wildman–Crippen LogP) is 1.88. The molecule has 3 nitrogen and oxygen atoms in total. The molecule has 1 radical (unpaired) electrons. The lowest BCUT2D eigenvalue weighted by molar-refractivity contribution is 0.385. The van der Waals surface area contributed by atoms with Crippen molar-refractivity contribution in [3.05, 3.63) is 48.0 Å². The highest BCUT2D eigenvalue weighted by Gasteiger charge is 2.03. The Balaban J connectivity index is 2.22. The third kappa shape index (κ3) is 2.15. The third-order valence-corrected chi connectivity index (χ3v) is 2.06. The van der Waals surface area contributed by atoms with Crippen LogP contribution in [-0.4, -0.2) is 16.9 Å². The molecule has 2 rings (SSSR count). The first-order valence-corrected chi connectivity index (χ1v) is 4.50. The highest BCUT2D eigenvalue weighted by Crippen LogP contribution is 2.18. The van der Waals surface area contributed by atoms with Crippen molar-refractivity contribution in [1.29, 1.82) is 0 Å². The van der Waals surface area contributed by atoms with Crippen LogP contribution < -0.4 is 4.74 Å². The van der Waals surface area contributed by atoms with E-state index >= 15 is 0 Å². The van der Waals surface area contributed by atoms with E-state index in [-0.39, 0.29) is 11.6 Å². The van der Waals surface area contributed by atoms with Crippen molar-refractivity contribution in [3.63, 3.8) is 0 Å². The van der Waals surface area contributed by atoms with Gasteiger partial charge in [-0.15, -0.1) is 0 Å². The summed E-state index contributed by atoms with van der Waals surface area (Å²) in [6.45, 7) is 0.583. The molecule has 0 aliphatic heterocycles. The molecule has 0 aliphatic carbocycles. The number of ether oxygens (including phenoxy) is 1. The number of hydrogen-bond donors (Lipinski definition) is 0. The fraction of sp³-hybridized carbons (Fsp3) is 0.182. The van der Waals surface area contributed by atoms with Crippen molar-refractivity contribution in [3.8, 4) is 5.75 Å². The lowest BCUT2D eigenvalue weighted by atomic mass is 10.2. The lowest BCUT2D eigenvalue weighted by Crippen LogP contribution is -2.00.